The van der Waals surface area contributed by atoms with Crippen LogP contribution >= 0.6 is 0 Å². The standard InChI is InChI=1S/C17H22FNO4/c1-11(2)9-16(20)19-13(5-8-15(19)18)10-23-14-6-3-12(4-7-14)17(21)22/h3-4,6-7,11,13,15H,5,8-10H2,1-2H3,(H,21,22)/t13-,15+/m0/s1. The maximum absolute atomic E-state index is 14.0. The molecule has 0 radical (unpaired) electrons. The van der Waals surface area contributed by atoms with Crippen molar-refractivity contribution in [3.8, 4) is 5.75 Å². The van der Waals surface area contributed by atoms with Crippen molar-refractivity contribution >= 4 is 11.9 Å². The van der Waals surface area contributed by atoms with Crippen LogP contribution in [-0.4, -0.2) is 40.8 Å². The second kappa shape index (κ2) is 7.44. The van der Waals surface area contributed by atoms with Crippen LogP contribution in [0.4, 0.5) is 4.39 Å². The van der Waals surface area contributed by atoms with E-state index in [0.717, 1.165) is 0 Å². The minimum atomic E-state index is -1.25. The summed E-state index contributed by atoms with van der Waals surface area (Å²) in [5.41, 5.74) is 0.177. The number of likely N-dealkylation sites (tertiary alicyclic amines) is 1. The number of ether oxygens (including phenoxy) is 1. The molecule has 126 valence electrons. The molecule has 0 aliphatic carbocycles. The van der Waals surface area contributed by atoms with Crippen LogP contribution in [0.5, 0.6) is 5.75 Å². The lowest BCUT2D eigenvalue weighted by molar-refractivity contribution is -0.138. The number of alkyl halides is 1. The topological polar surface area (TPSA) is 66.8 Å². The van der Waals surface area contributed by atoms with Gasteiger partial charge in [0, 0.05) is 6.42 Å². The maximum Gasteiger partial charge on any atom is 0.335 e. The van der Waals surface area contributed by atoms with E-state index in [1.54, 1.807) is 12.1 Å². The van der Waals surface area contributed by atoms with Crippen molar-refractivity contribution in [2.24, 2.45) is 5.92 Å². The van der Waals surface area contributed by atoms with Gasteiger partial charge in [0.1, 0.15) is 12.4 Å². The van der Waals surface area contributed by atoms with Gasteiger partial charge in [-0.05, 0) is 43.0 Å². The first-order valence-corrected chi connectivity index (χ1v) is 7.80. The minimum absolute atomic E-state index is 0.177. The highest BCUT2D eigenvalue weighted by molar-refractivity contribution is 5.87. The van der Waals surface area contributed by atoms with E-state index in [-0.39, 0.29) is 30.0 Å². The van der Waals surface area contributed by atoms with E-state index in [1.165, 1.54) is 17.0 Å². The maximum atomic E-state index is 14.0. The fourth-order valence-corrected chi connectivity index (χ4v) is 2.70. The molecule has 5 nitrogen and oxygen atoms in total. The van der Waals surface area contributed by atoms with Crippen molar-refractivity contribution in [1.29, 1.82) is 0 Å². The number of aromatic carboxylic acids is 1. The van der Waals surface area contributed by atoms with E-state index in [9.17, 15) is 14.0 Å². The number of amides is 1. The molecule has 2 atom stereocenters. The van der Waals surface area contributed by atoms with Crippen molar-refractivity contribution in [2.45, 2.75) is 45.4 Å². The number of carbonyl (C=O) groups is 2. The SMILES string of the molecule is CC(C)CC(=O)N1[C@H](COc2ccc(C(=O)O)cc2)CC[C@@H]1F. The normalized spacial score (nSPS) is 20.8. The lowest BCUT2D eigenvalue weighted by Gasteiger charge is -2.27. The van der Waals surface area contributed by atoms with Gasteiger partial charge in [-0.2, -0.15) is 0 Å². The van der Waals surface area contributed by atoms with Crippen LogP contribution in [0, 0.1) is 5.92 Å². The molecule has 1 saturated heterocycles. The Labute approximate surface area is 135 Å². The lowest BCUT2D eigenvalue weighted by atomic mass is 10.1. The molecule has 2 rings (SSSR count). The molecular weight excluding hydrogens is 301 g/mol. The number of hydrogen-bond donors (Lipinski definition) is 1. The van der Waals surface area contributed by atoms with Gasteiger partial charge in [0.15, 0.2) is 6.30 Å². The smallest absolute Gasteiger partial charge is 0.335 e. The third-order valence-corrected chi connectivity index (χ3v) is 3.85. The summed E-state index contributed by atoms with van der Waals surface area (Å²) in [4.78, 5) is 24.3. The van der Waals surface area contributed by atoms with Crippen molar-refractivity contribution in [3.63, 3.8) is 0 Å². The summed E-state index contributed by atoms with van der Waals surface area (Å²) in [6.07, 6.45) is -0.0256. The molecule has 1 fully saturated rings. The van der Waals surface area contributed by atoms with E-state index in [4.69, 9.17) is 9.84 Å². The van der Waals surface area contributed by atoms with Gasteiger partial charge < -0.3 is 14.7 Å². The number of hydrogen-bond acceptors (Lipinski definition) is 3. The Hall–Kier alpha value is -2.11. The molecule has 0 unspecified atom stereocenters. The van der Waals surface area contributed by atoms with Crippen LogP contribution in [0.25, 0.3) is 0 Å². The zero-order valence-electron chi connectivity index (χ0n) is 13.4. The van der Waals surface area contributed by atoms with Gasteiger partial charge in [-0.1, -0.05) is 13.8 Å². The number of benzene rings is 1. The number of halogens is 1. The quantitative estimate of drug-likeness (QED) is 0.817. The summed E-state index contributed by atoms with van der Waals surface area (Å²) in [5, 5.41) is 8.85. The largest absolute Gasteiger partial charge is 0.491 e. The molecule has 6 heteroatoms. The molecule has 1 N–H and O–H groups in total. The van der Waals surface area contributed by atoms with Gasteiger partial charge >= 0.3 is 5.97 Å². The summed E-state index contributed by atoms with van der Waals surface area (Å²) in [7, 11) is 0. The van der Waals surface area contributed by atoms with Crippen molar-refractivity contribution in [1.82, 2.24) is 4.90 Å². The average Bonchev–Trinajstić information content (AvgIpc) is 2.86. The zero-order chi connectivity index (χ0) is 17.0. The Kier molecular flexibility index (Phi) is 5.58. The molecule has 0 bridgehead atoms. The van der Waals surface area contributed by atoms with Crippen molar-refractivity contribution in [3.05, 3.63) is 29.8 Å². The van der Waals surface area contributed by atoms with Crippen LogP contribution < -0.4 is 4.74 Å². The van der Waals surface area contributed by atoms with Crippen LogP contribution in [-0.2, 0) is 4.79 Å². The first-order valence-electron chi connectivity index (χ1n) is 7.80. The van der Waals surface area contributed by atoms with E-state index >= 15 is 0 Å². The first-order chi connectivity index (χ1) is 10.9. The predicted molar refractivity (Wildman–Crippen MR) is 83.1 cm³/mol. The molecule has 0 aromatic heterocycles. The highest BCUT2D eigenvalue weighted by Gasteiger charge is 2.37. The number of carboxylic acid groups (broad SMARTS) is 1. The Balaban J connectivity index is 1.95. The molecule has 0 saturated carbocycles. The van der Waals surface area contributed by atoms with Gasteiger partial charge in [-0.3, -0.25) is 4.79 Å². The summed E-state index contributed by atoms with van der Waals surface area (Å²) >= 11 is 0. The van der Waals surface area contributed by atoms with Crippen molar-refractivity contribution in [2.75, 3.05) is 6.61 Å². The van der Waals surface area contributed by atoms with E-state index < -0.39 is 12.3 Å². The number of carbonyl (C=O) groups excluding carboxylic acids is 1. The molecule has 1 amide bonds. The third-order valence-electron chi connectivity index (χ3n) is 3.85. The summed E-state index contributed by atoms with van der Waals surface area (Å²) < 4.78 is 19.6. The van der Waals surface area contributed by atoms with Crippen LogP contribution in [0.3, 0.4) is 0 Å². The highest BCUT2D eigenvalue weighted by Crippen LogP contribution is 2.27. The second-order valence-electron chi connectivity index (χ2n) is 6.21. The molecule has 1 aliphatic rings. The first kappa shape index (κ1) is 17.2. The van der Waals surface area contributed by atoms with Crippen LogP contribution in [0.15, 0.2) is 24.3 Å². The monoisotopic (exact) mass is 323 g/mol. The van der Waals surface area contributed by atoms with Gasteiger partial charge in [0.2, 0.25) is 5.91 Å². The Morgan fingerprint density at radius 1 is 1.30 bits per heavy atom. The minimum Gasteiger partial charge on any atom is -0.491 e. The van der Waals surface area contributed by atoms with Gasteiger partial charge in [-0.15, -0.1) is 0 Å². The van der Waals surface area contributed by atoms with E-state index in [1.807, 2.05) is 13.8 Å². The lowest BCUT2D eigenvalue weighted by Crippen LogP contribution is -2.42. The van der Waals surface area contributed by atoms with Crippen LogP contribution in [0.2, 0.25) is 0 Å². The molecule has 1 heterocycles. The summed E-state index contributed by atoms with van der Waals surface area (Å²) in [6.45, 7) is 4.06. The predicted octanol–water partition coefficient (Wildman–Crippen LogP) is 3.10. The summed E-state index contributed by atoms with van der Waals surface area (Å²) in [5.74, 6) is -0.494. The Morgan fingerprint density at radius 2 is 1.96 bits per heavy atom. The number of nitrogens with zero attached hydrogens (tertiary/aromatic N) is 1. The van der Waals surface area contributed by atoms with Crippen molar-refractivity contribution < 1.29 is 23.8 Å². The fraction of sp³-hybridized carbons (Fsp3) is 0.529. The third kappa shape index (κ3) is 4.43. The zero-order valence-corrected chi connectivity index (χ0v) is 13.4. The van der Waals surface area contributed by atoms with Gasteiger partial charge in [0.05, 0.1) is 11.6 Å². The van der Waals surface area contributed by atoms with Gasteiger partial charge in [-0.25, -0.2) is 9.18 Å². The molecule has 1 aromatic carbocycles. The van der Waals surface area contributed by atoms with Crippen LogP contribution in [0.1, 0.15) is 43.5 Å². The molecule has 0 spiro atoms. The molecule has 23 heavy (non-hydrogen) atoms. The molecular formula is C17H22FNO4. The number of carboxylic acids is 1. The molecule has 1 aliphatic heterocycles. The van der Waals surface area contributed by atoms with E-state index in [0.29, 0.717) is 25.0 Å². The van der Waals surface area contributed by atoms with E-state index in [2.05, 4.69) is 0 Å². The second-order valence-corrected chi connectivity index (χ2v) is 6.21. The molecule has 1 aromatic rings. The average molecular weight is 323 g/mol. The fourth-order valence-electron chi connectivity index (χ4n) is 2.70. The Bertz CT molecular complexity index is 558. The Morgan fingerprint density at radius 3 is 2.52 bits per heavy atom. The number of rotatable bonds is 6. The van der Waals surface area contributed by atoms with Gasteiger partial charge in [0.25, 0.3) is 0 Å². The highest BCUT2D eigenvalue weighted by atomic mass is 19.1. The summed E-state index contributed by atoms with van der Waals surface area (Å²) in [6, 6.07) is 5.74.